The molecule has 0 unspecified atom stereocenters. The van der Waals surface area contributed by atoms with Crippen LogP contribution in [-0.4, -0.2) is 46.9 Å². The molecule has 0 bridgehead atoms. The molecule has 1 aliphatic heterocycles. The Bertz CT molecular complexity index is 554. The summed E-state index contributed by atoms with van der Waals surface area (Å²) in [5.41, 5.74) is 1.18. The molecule has 0 N–H and O–H groups in total. The number of carbonyl (C=O) groups excluding carboxylic acids is 1. The predicted molar refractivity (Wildman–Crippen MR) is 94.4 cm³/mol. The monoisotopic (exact) mass is 333 g/mol. The van der Waals surface area contributed by atoms with Crippen molar-refractivity contribution in [1.82, 2.24) is 14.8 Å². The van der Waals surface area contributed by atoms with Crippen LogP contribution in [0.1, 0.15) is 43.3 Å². The van der Waals surface area contributed by atoms with E-state index in [1.54, 1.807) is 11.3 Å². The lowest BCUT2D eigenvalue weighted by atomic mass is 10.0. The Morgan fingerprint density at radius 1 is 1.35 bits per heavy atom. The van der Waals surface area contributed by atoms with Crippen LogP contribution in [0.15, 0.2) is 17.5 Å². The average molecular weight is 334 g/mol. The molecule has 3 rings (SSSR count). The van der Waals surface area contributed by atoms with E-state index in [0.29, 0.717) is 18.2 Å². The first-order chi connectivity index (χ1) is 11.2. The zero-order chi connectivity index (χ0) is 16.1. The van der Waals surface area contributed by atoms with Crippen molar-refractivity contribution in [1.29, 1.82) is 0 Å². The van der Waals surface area contributed by atoms with Gasteiger partial charge in [0.1, 0.15) is 0 Å². The molecule has 4 nitrogen and oxygen atoms in total. The number of hydrogen-bond acceptors (Lipinski definition) is 4. The molecule has 5 heteroatoms. The Morgan fingerprint density at radius 3 is 3.00 bits per heavy atom. The second-order valence-electron chi connectivity index (χ2n) is 6.57. The van der Waals surface area contributed by atoms with Crippen LogP contribution < -0.4 is 0 Å². The summed E-state index contributed by atoms with van der Waals surface area (Å²) in [7, 11) is 0. The maximum Gasteiger partial charge on any atom is 0.223 e. The summed E-state index contributed by atoms with van der Waals surface area (Å²) in [5.74, 6) is 0.814. The fourth-order valence-electron chi connectivity index (χ4n) is 3.41. The van der Waals surface area contributed by atoms with Crippen LogP contribution >= 0.6 is 11.3 Å². The van der Waals surface area contributed by atoms with Crippen LogP contribution in [0, 0.1) is 5.92 Å². The maximum atomic E-state index is 12.5. The molecule has 1 amide bonds. The summed E-state index contributed by atoms with van der Waals surface area (Å²) in [6.45, 7) is 6.86. The molecule has 0 saturated carbocycles. The van der Waals surface area contributed by atoms with Gasteiger partial charge in [-0.2, -0.15) is 0 Å². The van der Waals surface area contributed by atoms with E-state index < -0.39 is 0 Å². The minimum Gasteiger partial charge on any atom is -0.341 e. The largest absolute Gasteiger partial charge is 0.341 e. The molecule has 1 fully saturated rings. The number of rotatable bonds is 5. The SMILES string of the molecule is CCc1nc(CN2CCCN(C(=O)C[C@@H]3C=CCC3)CC2)cs1. The van der Waals surface area contributed by atoms with E-state index in [0.717, 1.165) is 58.4 Å². The fraction of sp³-hybridized carbons (Fsp3) is 0.667. The standard InChI is InChI=1S/C18H27N3OS/c1-2-17-19-16(14-23-17)13-20-8-5-9-21(11-10-20)18(22)12-15-6-3-4-7-15/h3,6,14-15H,2,4-5,7-13H2,1H3/t15-/m1/s1. The number of carbonyl (C=O) groups is 1. The lowest BCUT2D eigenvalue weighted by Crippen LogP contribution is -2.35. The molecule has 1 saturated heterocycles. The van der Waals surface area contributed by atoms with Gasteiger partial charge in [-0.3, -0.25) is 9.69 Å². The molecule has 23 heavy (non-hydrogen) atoms. The third-order valence-corrected chi connectivity index (χ3v) is 5.82. The van der Waals surface area contributed by atoms with Crippen molar-refractivity contribution in [2.24, 2.45) is 5.92 Å². The van der Waals surface area contributed by atoms with Gasteiger partial charge in [0.25, 0.3) is 0 Å². The normalized spacial score (nSPS) is 22.5. The molecule has 1 aromatic rings. The third-order valence-electron chi connectivity index (χ3n) is 4.78. The van der Waals surface area contributed by atoms with Gasteiger partial charge in [-0.1, -0.05) is 19.1 Å². The van der Waals surface area contributed by atoms with Crippen molar-refractivity contribution in [2.75, 3.05) is 26.2 Å². The Balaban J connectivity index is 1.48. The van der Waals surface area contributed by atoms with Crippen LogP contribution in [0.3, 0.4) is 0 Å². The number of amides is 1. The van der Waals surface area contributed by atoms with Crippen LogP contribution in [0.5, 0.6) is 0 Å². The molecule has 1 aromatic heterocycles. The summed E-state index contributed by atoms with van der Waals surface area (Å²) < 4.78 is 0. The van der Waals surface area contributed by atoms with Crippen LogP contribution in [0.4, 0.5) is 0 Å². The summed E-state index contributed by atoms with van der Waals surface area (Å²) in [4.78, 5) is 21.7. The Kier molecular flexibility index (Phi) is 5.84. The van der Waals surface area contributed by atoms with Gasteiger partial charge in [-0.25, -0.2) is 4.98 Å². The number of nitrogens with zero attached hydrogens (tertiary/aromatic N) is 3. The molecular formula is C18H27N3OS. The van der Waals surface area contributed by atoms with Crippen molar-refractivity contribution in [3.05, 3.63) is 28.2 Å². The maximum absolute atomic E-state index is 12.5. The first-order valence-corrected chi connectivity index (χ1v) is 9.72. The van der Waals surface area contributed by atoms with Gasteiger partial charge in [0.05, 0.1) is 10.7 Å². The number of hydrogen-bond donors (Lipinski definition) is 0. The highest BCUT2D eigenvalue weighted by molar-refractivity contribution is 7.09. The first-order valence-electron chi connectivity index (χ1n) is 8.84. The van der Waals surface area contributed by atoms with Crippen molar-refractivity contribution in [2.45, 2.75) is 45.6 Å². The lowest BCUT2D eigenvalue weighted by Gasteiger charge is -2.22. The second kappa shape index (κ2) is 8.06. The number of allylic oxidation sites excluding steroid dienone is 2. The van der Waals surface area contributed by atoms with E-state index >= 15 is 0 Å². The van der Waals surface area contributed by atoms with E-state index in [4.69, 9.17) is 0 Å². The van der Waals surface area contributed by atoms with Crippen molar-refractivity contribution >= 4 is 17.2 Å². The van der Waals surface area contributed by atoms with Gasteiger partial charge < -0.3 is 4.90 Å². The van der Waals surface area contributed by atoms with Gasteiger partial charge in [-0.05, 0) is 31.6 Å². The molecule has 0 spiro atoms. The highest BCUT2D eigenvalue weighted by atomic mass is 32.1. The summed E-state index contributed by atoms with van der Waals surface area (Å²) in [6, 6.07) is 0. The quantitative estimate of drug-likeness (QED) is 0.777. The first kappa shape index (κ1) is 16.7. The summed E-state index contributed by atoms with van der Waals surface area (Å²) >= 11 is 1.76. The fourth-order valence-corrected chi connectivity index (χ4v) is 4.15. The highest BCUT2D eigenvalue weighted by Crippen LogP contribution is 2.22. The zero-order valence-electron chi connectivity index (χ0n) is 14.0. The molecule has 2 heterocycles. The lowest BCUT2D eigenvalue weighted by molar-refractivity contribution is -0.131. The van der Waals surface area contributed by atoms with Gasteiger partial charge in [0.15, 0.2) is 0 Å². The van der Waals surface area contributed by atoms with Gasteiger partial charge >= 0.3 is 0 Å². The smallest absolute Gasteiger partial charge is 0.223 e. The van der Waals surface area contributed by atoms with Gasteiger partial charge in [0, 0.05) is 44.5 Å². The van der Waals surface area contributed by atoms with Crippen molar-refractivity contribution in [3.8, 4) is 0 Å². The zero-order valence-corrected chi connectivity index (χ0v) is 14.9. The van der Waals surface area contributed by atoms with Gasteiger partial charge in [0.2, 0.25) is 5.91 Å². The van der Waals surface area contributed by atoms with Gasteiger partial charge in [-0.15, -0.1) is 11.3 Å². The topological polar surface area (TPSA) is 36.4 Å². The molecular weight excluding hydrogens is 306 g/mol. The molecule has 0 radical (unpaired) electrons. The number of aromatic nitrogens is 1. The molecule has 1 atom stereocenters. The Hall–Kier alpha value is -1.20. The Labute approximate surface area is 143 Å². The summed E-state index contributed by atoms with van der Waals surface area (Å²) in [5, 5.41) is 3.40. The number of thiazole rings is 1. The summed E-state index contributed by atoms with van der Waals surface area (Å²) in [6.07, 6.45) is 9.49. The van der Waals surface area contributed by atoms with Crippen LogP contribution in [0.2, 0.25) is 0 Å². The van der Waals surface area contributed by atoms with E-state index in [-0.39, 0.29) is 0 Å². The van der Waals surface area contributed by atoms with Crippen molar-refractivity contribution < 1.29 is 4.79 Å². The second-order valence-corrected chi connectivity index (χ2v) is 7.51. The molecule has 0 aromatic carbocycles. The van der Waals surface area contributed by atoms with Crippen molar-refractivity contribution in [3.63, 3.8) is 0 Å². The van der Waals surface area contributed by atoms with Crippen LogP contribution in [0.25, 0.3) is 0 Å². The van der Waals surface area contributed by atoms with E-state index in [9.17, 15) is 4.79 Å². The minimum absolute atomic E-state index is 0.338. The third kappa shape index (κ3) is 4.64. The average Bonchev–Trinajstić information content (AvgIpc) is 3.16. The molecule has 1 aliphatic carbocycles. The molecule has 126 valence electrons. The van der Waals surface area contributed by atoms with E-state index in [2.05, 4.69) is 39.2 Å². The van der Waals surface area contributed by atoms with E-state index in [1.165, 1.54) is 10.7 Å². The van der Waals surface area contributed by atoms with Crippen LogP contribution in [-0.2, 0) is 17.8 Å². The Morgan fingerprint density at radius 2 is 2.26 bits per heavy atom. The highest BCUT2D eigenvalue weighted by Gasteiger charge is 2.22. The number of aryl methyl sites for hydroxylation is 1. The predicted octanol–water partition coefficient (Wildman–Crippen LogP) is 3.10. The van der Waals surface area contributed by atoms with E-state index in [1.807, 2.05) is 0 Å². The minimum atomic E-state index is 0.338. The molecule has 2 aliphatic rings.